The smallest absolute Gasteiger partial charge is 0.124 e. The lowest BCUT2D eigenvalue weighted by Gasteiger charge is -2.34. The predicted molar refractivity (Wildman–Crippen MR) is 87.9 cm³/mol. The topological polar surface area (TPSA) is 21.3 Å². The van der Waals surface area contributed by atoms with Crippen molar-refractivity contribution in [2.75, 3.05) is 5.32 Å². The summed E-state index contributed by atoms with van der Waals surface area (Å²) in [6.45, 7) is 6.45. The average molecular weight is 281 g/mol. The van der Waals surface area contributed by atoms with E-state index in [1.54, 1.807) is 0 Å². The second-order valence-electron chi connectivity index (χ2n) is 6.16. The number of nitrogens with one attached hydrogen (secondary N) is 1. The zero-order chi connectivity index (χ0) is 14.8. The molecular formula is C19H23NO. The van der Waals surface area contributed by atoms with Gasteiger partial charge in [-0.25, -0.2) is 0 Å². The van der Waals surface area contributed by atoms with Gasteiger partial charge in [-0.15, -0.1) is 0 Å². The maximum Gasteiger partial charge on any atom is 0.124 e. The molecule has 0 aliphatic carbocycles. The minimum atomic E-state index is 0.192. The SMILES string of the molecule is CC(C)Oc1ccccc1C1Nc2ccccc2CC1C. The number of hydrogen-bond acceptors (Lipinski definition) is 2. The first kappa shape index (κ1) is 14.0. The summed E-state index contributed by atoms with van der Waals surface area (Å²) in [6, 6.07) is 17.3. The number of ether oxygens (including phenoxy) is 1. The van der Waals surface area contributed by atoms with E-state index in [1.807, 2.05) is 6.07 Å². The highest BCUT2D eigenvalue weighted by Crippen LogP contribution is 2.39. The lowest BCUT2D eigenvalue weighted by atomic mass is 9.84. The summed E-state index contributed by atoms with van der Waals surface area (Å²) < 4.78 is 5.99. The molecule has 0 amide bonds. The highest BCUT2D eigenvalue weighted by atomic mass is 16.5. The van der Waals surface area contributed by atoms with Gasteiger partial charge in [-0.1, -0.05) is 43.3 Å². The van der Waals surface area contributed by atoms with E-state index < -0.39 is 0 Å². The lowest BCUT2D eigenvalue weighted by molar-refractivity contribution is 0.237. The lowest BCUT2D eigenvalue weighted by Crippen LogP contribution is -2.26. The molecule has 0 radical (unpaired) electrons. The van der Waals surface area contributed by atoms with E-state index in [0.717, 1.165) is 12.2 Å². The Morgan fingerprint density at radius 3 is 2.57 bits per heavy atom. The Kier molecular flexibility index (Phi) is 3.87. The monoisotopic (exact) mass is 281 g/mol. The molecule has 2 unspecified atom stereocenters. The number of hydrogen-bond donors (Lipinski definition) is 1. The van der Waals surface area contributed by atoms with Crippen LogP contribution in [-0.4, -0.2) is 6.10 Å². The molecule has 3 rings (SSSR count). The van der Waals surface area contributed by atoms with Gasteiger partial charge in [0.2, 0.25) is 0 Å². The highest BCUT2D eigenvalue weighted by Gasteiger charge is 2.27. The molecule has 0 saturated carbocycles. The van der Waals surface area contributed by atoms with Crippen LogP contribution in [0.25, 0.3) is 0 Å². The summed E-state index contributed by atoms with van der Waals surface area (Å²) in [6.07, 6.45) is 1.29. The average Bonchev–Trinajstić information content (AvgIpc) is 2.47. The van der Waals surface area contributed by atoms with Crippen LogP contribution >= 0.6 is 0 Å². The highest BCUT2D eigenvalue weighted by molar-refractivity contribution is 5.56. The Hall–Kier alpha value is -1.96. The largest absolute Gasteiger partial charge is 0.491 e. The van der Waals surface area contributed by atoms with E-state index in [2.05, 4.69) is 68.6 Å². The Labute approximate surface area is 127 Å². The first-order chi connectivity index (χ1) is 10.1. The van der Waals surface area contributed by atoms with Crippen LogP contribution in [0.1, 0.15) is 37.9 Å². The zero-order valence-corrected chi connectivity index (χ0v) is 13.0. The molecule has 0 saturated heterocycles. The van der Waals surface area contributed by atoms with Crippen LogP contribution in [0, 0.1) is 5.92 Å². The van der Waals surface area contributed by atoms with Gasteiger partial charge in [-0.05, 0) is 43.9 Å². The van der Waals surface area contributed by atoms with E-state index >= 15 is 0 Å². The quantitative estimate of drug-likeness (QED) is 0.871. The third-order valence-corrected chi connectivity index (χ3v) is 4.06. The van der Waals surface area contributed by atoms with Gasteiger partial charge < -0.3 is 10.1 Å². The van der Waals surface area contributed by atoms with Crippen molar-refractivity contribution >= 4 is 5.69 Å². The first-order valence-corrected chi connectivity index (χ1v) is 7.75. The molecule has 2 nitrogen and oxygen atoms in total. The maximum absolute atomic E-state index is 5.99. The van der Waals surface area contributed by atoms with E-state index in [0.29, 0.717) is 12.0 Å². The molecule has 1 aliphatic heterocycles. The summed E-state index contributed by atoms with van der Waals surface area (Å²) in [4.78, 5) is 0. The molecule has 0 bridgehead atoms. The van der Waals surface area contributed by atoms with E-state index in [4.69, 9.17) is 4.74 Å². The third kappa shape index (κ3) is 2.90. The summed E-state index contributed by atoms with van der Waals surface area (Å²) in [5.41, 5.74) is 3.91. The summed E-state index contributed by atoms with van der Waals surface area (Å²) in [5, 5.41) is 3.70. The van der Waals surface area contributed by atoms with Crippen molar-refractivity contribution in [1.29, 1.82) is 0 Å². The summed E-state index contributed by atoms with van der Waals surface area (Å²) in [5.74, 6) is 1.54. The molecule has 2 heteroatoms. The van der Waals surface area contributed by atoms with Crippen molar-refractivity contribution in [2.24, 2.45) is 5.92 Å². The Bertz CT molecular complexity index is 620. The van der Waals surface area contributed by atoms with Gasteiger partial charge in [0.1, 0.15) is 5.75 Å². The van der Waals surface area contributed by atoms with Crippen molar-refractivity contribution < 1.29 is 4.74 Å². The molecule has 0 fully saturated rings. The zero-order valence-electron chi connectivity index (χ0n) is 13.0. The molecular weight excluding hydrogens is 258 g/mol. The van der Waals surface area contributed by atoms with Crippen LogP contribution in [-0.2, 0) is 6.42 Å². The Balaban J connectivity index is 1.94. The van der Waals surface area contributed by atoms with E-state index in [9.17, 15) is 0 Å². The van der Waals surface area contributed by atoms with Crippen molar-refractivity contribution in [3.63, 3.8) is 0 Å². The maximum atomic E-state index is 5.99. The number of rotatable bonds is 3. The van der Waals surface area contributed by atoms with Gasteiger partial charge in [0, 0.05) is 11.3 Å². The minimum absolute atomic E-state index is 0.192. The molecule has 0 spiro atoms. The van der Waals surface area contributed by atoms with E-state index in [-0.39, 0.29) is 6.10 Å². The van der Waals surface area contributed by atoms with Crippen molar-refractivity contribution in [2.45, 2.75) is 39.3 Å². The van der Waals surface area contributed by atoms with Crippen molar-refractivity contribution in [3.8, 4) is 5.75 Å². The molecule has 2 atom stereocenters. The van der Waals surface area contributed by atoms with Gasteiger partial charge in [-0.2, -0.15) is 0 Å². The molecule has 2 aromatic carbocycles. The molecule has 1 N–H and O–H groups in total. The Morgan fingerprint density at radius 1 is 1.05 bits per heavy atom. The standard InChI is InChI=1S/C19H23NO/c1-13(2)21-18-11-7-5-9-16(18)19-14(3)12-15-8-4-6-10-17(15)20-19/h4-11,13-14,19-20H,12H2,1-3H3. The van der Waals surface area contributed by atoms with E-state index in [1.165, 1.54) is 16.8 Å². The van der Waals surface area contributed by atoms with Crippen LogP contribution in [0.2, 0.25) is 0 Å². The summed E-state index contributed by atoms with van der Waals surface area (Å²) >= 11 is 0. The first-order valence-electron chi connectivity index (χ1n) is 7.75. The molecule has 1 heterocycles. The fourth-order valence-electron chi connectivity index (χ4n) is 3.10. The molecule has 0 aromatic heterocycles. The van der Waals surface area contributed by atoms with Crippen molar-refractivity contribution in [3.05, 3.63) is 59.7 Å². The molecule has 1 aliphatic rings. The summed E-state index contributed by atoms with van der Waals surface area (Å²) in [7, 11) is 0. The number of benzene rings is 2. The molecule has 2 aromatic rings. The number of fused-ring (bicyclic) bond motifs is 1. The number of anilines is 1. The number of para-hydroxylation sites is 2. The van der Waals surface area contributed by atoms with Gasteiger partial charge in [0.15, 0.2) is 0 Å². The molecule has 110 valence electrons. The van der Waals surface area contributed by atoms with Gasteiger partial charge >= 0.3 is 0 Å². The fraction of sp³-hybridized carbons (Fsp3) is 0.368. The van der Waals surface area contributed by atoms with Crippen LogP contribution in [0.4, 0.5) is 5.69 Å². The second kappa shape index (κ2) is 5.80. The predicted octanol–water partition coefficient (Wildman–Crippen LogP) is 4.82. The second-order valence-corrected chi connectivity index (χ2v) is 6.16. The van der Waals surface area contributed by atoms with Crippen LogP contribution in [0.15, 0.2) is 48.5 Å². The minimum Gasteiger partial charge on any atom is -0.491 e. The van der Waals surface area contributed by atoms with Gasteiger partial charge in [0.05, 0.1) is 12.1 Å². The van der Waals surface area contributed by atoms with Gasteiger partial charge in [0.25, 0.3) is 0 Å². The normalized spacial score (nSPS) is 20.8. The van der Waals surface area contributed by atoms with Crippen molar-refractivity contribution in [1.82, 2.24) is 0 Å². The Morgan fingerprint density at radius 2 is 1.76 bits per heavy atom. The van der Waals surface area contributed by atoms with Crippen LogP contribution in [0.3, 0.4) is 0 Å². The molecule has 21 heavy (non-hydrogen) atoms. The van der Waals surface area contributed by atoms with Crippen LogP contribution in [0.5, 0.6) is 5.75 Å². The van der Waals surface area contributed by atoms with Crippen LogP contribution < -0.4 is 10.1 Å². The third-order valence-electron chi connectivity index (χ3n) is 4.06. The fourth-order valence-corrected chi connectivity index (χ4v) is 3.10. The van der Waals surface area contributed by atoms with Gasteiger partial charge in [-0.3, -0.25) is 0 Å².